The van der Waals surface area contributed by atoms with E-state index >= 15 is 0 Å². The molecule has 7 heteroatoms. The minimum Gasteiger partial charge on any atom is -0.493 e. The van der Waals surface area contributed by atoms with Crippen LogP contribution in [0.3, 0.4) is 0 Å². The first-order chi connectivity index (χ1) is 14.2. The van der Waals surface area contributed by atoms with E-state index in [0.717, 1.165) is 35.9 Å². The van der Waals surface area contributed by atoms with Gasteiger partial charge in [-0.3, -0.25) is 4.90 Å². The Morgan fingerprint density at radius 1 is 1.10 bits per heavy atom. The van der Waals surface area contributed by atoms with Crippen LogP contribution >= 0.6 is 0 Å². The standard InChI is InChI=1S/C22H22N2O5/c1-14-17(12-24-7-8-26-18-6-4-3-5-15(18)11-24)23-22(29-14)16-9-19(25-2)21-20(10-16)27-13-28-21/h3-6,9-10H,7-8,11-13H2,1-2H3. The fourth-order valence-corrected chi connectivity index (χ4v) is 3.68. The van der Waals surface area contributed by atoms with Crippen LogP contribution in [0.25, 0.3) is 11.5 Å². The average molecular weight is 394 g/mol. The Labute approximate surface area is 168 Å². The molecule has 0 saturated carbocycles. The molecule has 29 heavy (non-hydrogen) atoms. The molecule has 0 spiro atoms. The van der Waals surface area contributed by atoms with E-state index in [9.17, 15) is 0 Å². The molecule has 0 saturated heterocycles. The Morgan fingerprint density at radius 3 is 2.90 bits per heavy atom. The number of hydrogen-bond acceptors (Lipinski definition) is 7. The molecule has 0 aliphatic carbocycles. The lowest BCUT2D eigenvalue weighted by Gasteiger charge is -2.17. The smallest absolute Gasteiger partial charge is 0.231 e. The molecule has 0 atom stereocenters. The van der Waals surface area contributed by atoms with Crippen molar-refractivity contribution in [2.24, 2.45) is 0 Å². The molecule has 2 aromatic carbocycles. The number of nitrogens with zero attached hydrogens (tertiary/aromatic N) is 2. The van der Waals surface area contributed by atoms with Crippen LogP contribution in [-0.2, 0) is 13.1 Å². The predicted octanol–water partition coefficient (Wildman–Crippen LogP) is 3.78. The summed E-state index contributed by atoms with van der Waals surface area (Å²) >= 11 is 0. The van der Waals surface area contributed by atoms with Crippen LogP contribution in [0.2, 0.25) is 0 Å². The Kier molecular flexibility index (Phi) is 4.52. The summed E-state index contributed by atoms with van der Waals surface area (Å²) in [7, 11) is 1.60. The zero-order valence-electron chi connectivity index (χ0n) is 16.4. The number of methoxy groups -OCH3 is 1. The number of para-hydroxylation sites is 1. The maximum Gasteiger partial charge on any atom is 0.231 e. The zero-order valence-corrected chi connectivity index (χ0v) is 16.4. The van der Waals surface area contributed by atoms with Gasteiger partial charge in [0.25, 0.3) is 0 Å². The van der Waals surface area contributed by atoms with E-state index in [1.54, 1.807) is 7.11 Å². The summed E-state index contributed by atoms with van der Waals surface area (Å²) in [6.07, 6.45) is 0. The van der Waals surface area contributed by atoms with Gasteiger partial charge < -0.3 is 23.4 Å². The van der Waals surface area contributed by atoms with Gasteiger partial charge in [-0.1, -0.05) is 18.2 Å². The number of aryl methyl sites for hydroxylation is 1. The van der Waals surface area contributed by atoms with Crippen LogP contribution in [0.15, 0.2) is 40.8 Å². The highest BCUT2D eigenvalue weighted by molar-refractivity contribution is 5.66. The normalized spacial score (nSPS) is 15.5. The van der Waals surface area contributed by atoms with Crippen molar-refractivity contribution in [3.05, 3.63) is 53.4 Å². The summed E-state index contributed by atoms with van der Waals surface area (Å²) < 4.78 is 28.3. The van der Waals surface area contributed by atoms with Gasteiger partial charge in [-0.2, -0.15) is 0 Å². The molecule has 0 amide bonds. The molecule has 150 valence electrons. The van der Waals surface area contributed by atoms with Gasteiger partial charge in [0.05, 0.1) is 12.8 Å². The SMILES string of the molecule is COc1cc(-c2nc(CN3CCOc4ccccc4C3)c(C)o2)cc2c1OCO2. The Hall–Kier alpha value is -3.19. The van der Waals surface area contributed by atoms with Gasteiger partial charge >= 0.3 is 0 Å². The van der Waals surface area contributed by atoms with Crippen LogP contribution in [0, 0.1) is 6.92 Å². The molecule has 1 aromatic heterocycles. The number of oxazole rings is 1. The summed E-state index contributed by atoms with van der Waals surface area (Å²) in [5.74, 6) is 4.16. The summed E-state index contributed by atoms with van der Waals surface area (Å²) in [6, 6.07) is 11.9. The summed E-state index contributed by atoms with van der Waals surface area (Å²) in [5, 5.41) is 0. The fraction of sp³-hybridized carbons (Fsp3) is 0.318. The monoisotopic (exact) mass is 394 g/mol. The van der Waals surface area contributed by atoms with Crippen molar-refractivity contribution < 1.29 is 23.4 Å². The van der Waals surface area contributed by atoms with E-state index in [-0.39, 0.29) is 6.79 Å². The van der Waals surface area contributed by atoms with E-state index in [1.165, 1.54) is 5.56 Å². The fourth-order valence-electron chi connectivity index (χ4n) is 3.68. The maximum absolute atomic E-state index is 5.98. The van der Waals surface area contributed by atoms with Crippen molar-refractivity contribution in [2.45, 2.75) is 20.0 Å². The van der Waals surface area contributed by atoms with Gasteiger partial charge in [0, 0.05) is 30.8 Å². The second-order valence-corrected chi connectivity index (χ2v) is 7.10. The summed E-state index contributed by atoms with van der Waals surface area (Å²) in [5.41, 5.74) is 2.90. The van der Waals surface area contributed by atoms with E-state index in [1.807, 2.05) is 37.3 Å². The number of rotatable bonds is 4. The first kappa shape index (κ1) is 17.9. The first-order valence-corrected chi connectivity index (χ1v) is 9.58. The molecule has 0 N–H and O–H groups in total. The number of ether oxygens (including phenoxy) is 4. The number of benzene rings is 2. The lowest BCUT2D eigenvalue weighted by atomic mass is 10.2. The predicted molar refractivity (Wildman–Crippen MR) is 105 cm³/mol. The Balaban J connectivity index is 1.40. The number of aromatic nitrogens is 1. The largest absolute Gasteiger partial charge is 0.493 e. The maximum atomic E-state index is 5.98. The average Bonchev–Trinajstić information content (AvgIpc) is 3.29. The van der Waals surface area contributed by atoms with Gasteiger partial charge in [-0.15, -0.1) is 0 Å². The molecule has 0 bridgehead atoms. The van der Waals surface area contributed by atoms with Crippen LogP contribution in [0.5, 0.6) is 23.0 Å². The van der Waals surface area contributed by atoms with Crippen LogP contribution in [0.1, 0.15) is 17.0 Å². The third kappa shape index (κ3) is 3.38. The molecule has 2 aliphatic heterocycles. The highest BCUT2D eigenvalue weighted by atomic mass is 16.7. The van der Waals surface area contributed by atoms with Crippen LogP contribution < -0.4 is 18.9 Å². The van der Waals surface area contributed by atoms with E-state index < -0.39 is 0 Å². The van der Waals surface area contributed by atoms with Gasteiger partial charge in [-0.05, 0) is 25.1 Å². The van der Waals surface area contributed by atoms with Crippen molar-refractivity contribution in [1.82, 2.24) is 9.88 Å². The second kappa shape index (κ2) is 7.33. The second-order valence-electron chi connectivity index (χ2n) is 7.10. The molecule has 0 fully saturated rings. The first-order valence-electron chi connectivity index (χ1n) is 9.58. The molecule has 3 aromatic rings. The van der Waals surface area contributed by atoms with Crippen molar-refractivity contribution in [3.63, 3.8) is 0 Å². The lowest BCUT2D eigenvalue weighted by molar-refractivity contribution is 0.171. The van der Waals surface area contributed by atoms with Crippen molar-refractivity contribution in [3.8, 4) is 34.5 Å². The molecule has 0 radical (unpaired) electrons. The number of fused-ring (bicyclic) bond motifs is 2. The zero-order chi connectivity index (χ0) is 19.8. The molecular formula is C22H22N2O5. The third-order valence-corrected chi connectivity index (χ3v) is 5.20. The van der Waals surface area contributed by atoms with Crippen molar-refractivity contribution in [1.29, 1.82) is 0 Å². The minimum atomic E-state index is 0.184. The van der Waals surface area contributed by atoms with E-state index in [0.29, 0.717) is 36.3 Å². The van der Waals surface area contributed by atoms with Gasteiger partial charge in [0.2, 0.25) is 18.4 Å². The molecular weight excluding hydrogens is 372 g/mol. The lowest BCUT2D eigenvalue weighted by Crippen LogP contribution is -2.25. The Morgan fingerprint density at radius 2 is 2.00 bits per heavy atom. The quantitative estimate of drug-likeness (QED) is 0.667. The van der Waals surface area contributed by atoms with Gasteiger partial charge in [0.1, 0.15) is 18.1 Å². The van der Waals surface area contributed by atoms with Crippen LogP contribution in [-0.4, -0.2) is 36.9 Å². The summed E-state index contributed by atoms with van der Waals surface area (Å²) in [6.45, 7) is 5.11. The highest BCUT2D eigenvalue weighted by Crippen LogP contribution is 2.44. The van der Waals surface area contributed by atoms with Crippen LogP contribution in [0.4, 0.5) is 0 Å². The molecule has 2 aliphatic rings. The summed E-state index contributed by atoms with van der Waals surface area (Å²) in [4.78, 5) is 7.08. The van der Waals surface area contributed by atoms with E-state index in [4.69, 9.17) is 28.3 Å². The van der Waals surface area contributed by atoms with E-state index in [2.05, 4.69) is 11.0 Å². The Bertz CT molecular complexity index is 1050. The molecule has 0 unspecified atom stereocenters. The molecule has 3 heterocycles. The third-order valence-electron chi connectivity index (χ3n) is 5.20. The minimum absolute atomic E-state index is 0.184. The van der Waals surface area contributed by atoms with Crippen molar-refractivity contribution >= 4 is 0 Å². The molecule has 7 nitrogen and oxygen atoms in total. The molecule has 5 rings (SSSR count). The topological polar surface area (TPSA) is 66.2 Å². The van der Waals surface area contributed by atoms with Gasteiger partial charge in [-0.25, -0.2) is 4.98 Å². The highest BCUT2D eigenvalue weighted by Gasteiger charge is 2.24. The van der Waals surface area contributed by atoms with Crippen molar-refractivity contribution in [2.75, 3.05) is 27.1 Å². The number of hydrogen-bond donors (Lipinski definition) is 0. The van der Waals surface area contributed by atoms with Gasteiger partial charge in [0.15, 0.2) is 11.5 Å².